The van der Waals surface area contributed by atoms with E-state index in [1.165, 1.54) is 12.0 Å². The van der Waals surface area contributed by atoms with E-state index in [9.17, 15) is 0 Å². The van der Waals surface area contributed by atoms with Crippen molar-refractivity contribution >= 4 is 0 Å². The molecule has 0 radical (unpaired) electrons. The van der Waals surface area contributed by atoms with Crippen LogP contribution < -0.4 is 10.5 Å². The van der Waals surface area contributed by atoms with E-state index in [-0.39, 0.29) is 0 Å². The molecular weight excluding hydrogens is 186 g/mol. The Morgan fingerprint density at radius 1 is 1.27 bits per heavy atom. The first-order valence-corrected chi connectivity index (χ1v) is 5.64. The maximum Gasteiger partial charge on any atom is 0.118 e. The third-order valence-electron chi connectivity index (χ3n) is 2.72. The molecule has 1 unspecified atom stereocenters. The molecule has 0 aliphatic rings. The molecule has 2 nitrogen and oxygen atoms in total. The third kappa shape index (κ3) is 4.34. The second-order valence-corrected chi connectivity index (χ2v) is 3.91. The van der Waals surface area contributed by atoms with Crippen LogP contribution in [-0.2, 0) is 6.42 Å². The van der Waals surface area contributed by atoms with Crippen LogP contribution in [0.5, 0.6) is 5.75 Å². The molecule has 0 bridgehead atoms. The average molecular weight is 207 g/mol. The quantitative estimate of drug-likeness (QED) is 0.778. The van der Waals surface area contributed by atoms with Gasteiger partial charge >= 0.3 is 0 Å². The molecule has 2 N–H and O–H groups in total. The van der Waals surface area contributed by atoms with Crippen LogP contribution in [0.1, 0.15) is 31.7 Å². The zero-order valence-electron chi connectivity index (χ0n) is 9.70. The summed E-state index contributed by atoms with van der Waals surface area (Å²) in [6.07, 6.45) is 4.46. The summed E-state index contributed by atoms with van der Waals surface area (Å²) in [4.78, 5) is 0. The number of ether oxygens (including phenoxy) is 1. The smallest absolute Gasteiger partial charge is 0.118 e. The van der Waals surface area contributed by atoms with Gasteiger partial charge in [0.2, 0.25) is 0 Å². The first-order chi connectivity index (χ1) is 7.26. The minimum atomic E-state index is 0.364. The van der Waals surface area contributed by atoms with Crippen LogP contribution >= 0.6 is 0 Å². The first kappa shape index (κ1) is 12.1. The van der Waals surface area contributed by atoms with Gasteiger partial charge in [-0.05, 0) is 43.4 Å². The van der Waals surface area contributed by atoms with Gasteiger partial charge in [0.05, 0.1) is 7.11 Å². The van der Waals surface area contributed by atoms with Gasteiger partial charge < -0.3 is 10.5 Å². The van der Waals surface area contributed by atoms with Crippen molar-refractivity contribution in [2.45, 2.75) is 38.6 Å². The number of hydrogen-bond acceptors (Lipinski definition) is 2. The Hall–Kier alpha value is -1.02. The Kier molecular flexibility index (Phi) is 5.19. The lowest BCUT2D eigenvalue weighted by atomic mass is 10.0. The molecule has 1 aromatic rings. The van der Waals surface area contributed by atoms with E-state index in [0.29, 0.717) is 6.04 Å². The van der Waals surface area contributed by atoms with Gasteiger partial charge in [-0.25, -0.2) is 0 Å². The maximum absolute atomic E-state index is 5.86. The summed E-state index contributed by atoms with van der Waals surface area (Å²) in [5, 5.41) is 0. The zero-order valence-corrected chi connectivity index (χ0v) is 9.70. The zero-order chi connectivity index (χ0) is 11.1. The molecule has 0 aromatic heterocycles. The summed E-state index contributed by atoms with van der Waals surface area (Å²) in [5.74, 6) is 0.920. The highest BCUT2D eigenvalue weighted by Crippen LogP contribution is 2.13. The molecule has 1 rings (SSSR count). The third-order valence-corrected chi connectivity index (χ3v) is 2.72. The summed E-state index contributed by atoms with van der Waals surface area (Å²) >= 11 is 0. The number of benzene rings is 1. The van der Waals surface area contributed by atoms with Gasteiger partial charge in [0.15, 0.2) is 0 Å². The molecule has 0 spiro atoms. The van der Waals surface area contributed by atoms with Crippen molar-refractivity contribution in [1.29, 1.82) is 0 Å². The van der Waals surface area contributed by atoms with Crippen molar-refractivity contribution in [2.75, 3.05) is 7.11 Å². The van der Waals surface area contributed by atoms with Crippen LogP contribution in [0.25, 0.3) is 0 Å². The molecular formula is C13H21NO. The predicted molar refractivity (Wildman–Crippen MR) is 64.2 cm³/mol. The van der Waals surface area contributed by atoms with Gasteiger partial charge in [-0.3, -0.25) is 0 Å². The first-order valence-electron chi connectivity index (χ1n) is 5.64. The van der Waals surface area contributed by atoms with Crippen molar-refractivity contribution in [2.24, 2.45) is 5.73 Å². The van der Waals surface area contributed by atoms with Crippen molar-refractivity contribution < 1.29 is 4.74 Å². The van der Waals surface area contributed by atoms with Gasteiger partial charge in [0, 0.05) is 6.04 Å². The second-order valence-electron chi connectivity index (χ2n) is 3.91. The fourth-order valence-corrected chi connectivity index (χ4v) is 1.56. The number of nitrogens with two attached hydrogens (primary N) is 1. The molecule has 0 aliphatic heterocycles. The number of aryl methyl sites for hydroxylation is 1. The van der Waals surface area contributed by atoms with Crippen LogP contribution in [-0.4, -0.2) is 13.2 Å². The van der Waals surface area contributed by atoms with Crippen molar-refractivity contribution in [1.82, 2.24) is 0 Å². The van der Waals surface area contributed by atoms with Crippen molar-refractivity contribution in [3.05, 3.63) is 29.8 Å². The highest BCUT2D eigenvalue weighted by Gasteiger charge is 1.99. The normalized spacial score (nSPS) is 12.5. The molecule has 0 aliphatic carbocycles. The fraction of sp³-hybridized carbons (Fsp3) is 0.538. The number of methoxy groups -OCH3 is 1. The van der Waals surface area contributed by atoms with Crippen molar-refractivity contribution in [3.8, 4) is 5.75 Å². The lowest BCUT2D eigenvalue weighted by Gasteiger charge is -2.08. The van der Waals surface area contributed by atoms with E-state index in [0.717, 1.165) is 25.0 Å². The summed E-state index contributed by atoms with van der Waals surface area (Å²) in [5.41, 5.74) is 7.22. The number of hydrogen-bond donors (Lipinski definition) is 1. The lowest BCUT2D eigenvalue weighted by Crippen LogP contribution is -2.18. The van der Waals surface area contributed by atoms with E-state index in [1.54, 1.807) is 7.11 Å². The fourth-order valence-electron chi connectivity index (χ4n) is 1.56. The molecule has 0 saturated carbocycles. The minimum absolute atomic E-state index is 0.364. The summed E-state index contributed by atoms with van der Waals surface area (Å²) < 4.78 is 5.11. The Balaban J connectivity index is 2.31. The molecule has 0 heterocycles. The highest BCUT2D eigenvalue weighted by atomic mass is 16.5. The Labute approximate surface area is 92.4 Å². The lowest BCUT2D eigenvalue weighted by molar-refractivity contribution is 0.414. The SMILES string of the molecule is CCC(N)CCCc1ccc(OC)cc1. The van der Waals surface area contributed by atoms with E-state index in [1.807, 2.05) is 12.1 Å². The summed E-state index contributed by atoms with van der Waals surface area (Å²) in [7, 11) is 1.69. The van der Waals surface area contributed by atoms with Crippen LogP contribution in [0.3, 0.4) is 0 Å². The topological polar surface area (TPSA) is 35.2 Å². The van der Waals surface area contributed by atoms with Crippen LogP contribution in [0.2, 0.25) is 0 Å². The Bertz CT molecular complexity index is 268. The van der Waals surface area contributed by atoms with Gasteiger partial charge in [-0.15, -0.1) is 0 Å². The van der Waals surface area contributed by atoms with E-state index in [4.69, 9.17) is 10.5 Å². The van der Waals surface area contributed by atoms with Crippen LogP contribution in [0, 0.1) is 0 Å². The molecule has 84 valence electrons. The van der Waals surface area contributed by atoms with E-state index < -0.39 is 0 Å². The molecule has 1 aromatic carbocycles. The molecule has 0 fully saturated rings. The van der Waals surface area contributed by atoms with Crippen LogP contribution in [0.15, 0.2) is 24.3 Å². The second kappa shape index (κ2) is 6.46. The molecule has 0 amide bonds. The molecule has 0 saturated heterocycles. The average Bonchev–Trinajstić information content (AvgIpc) is 2.29. The van der Waals surface area contributed by atoms with E-state index >= 15 is 0 Å². The van der Waals surface area contributed by atoms with Crippen LogP contribution in [0.4, 0.5) is 0 Å². The highest BCUT2D eigenvalue weighted by molar-refractivity contribution is 5.27. The monoisotopic (exact) mass is 207 g/mol. The Morgan fingerprint density at radius 3 is 2.47 bits per heavy atom. The van der Waals surface area contributed by atoms with Crippen molar-refractivity contribution in [3.63, 3.8) is 0 Å². The molecule has 1 atom stereocenters. The van der Waals surface area contributed by atoms with E-state index in [2.05, 4.69) is 19.1 Å². The van der Waals surface area contributed by atoms with Gasteiger partial charge in [-0.2, -0.15) is 0 Å². The summed E-state index contributed by atoms with van der Waals surface area (Å²) in [6.45, 7) is 2.14. The minimum Gasteiger partial charge on any atom is -0.497 e. The largest absolute Gasteiger partial charge is 0.497 e. The van der Waals surface area contributed by atoms with Gasteiger partial charge in [-0.1, -0.05) is 19.1 Å². The van der Waals surface area contributed by atoms with Gasteiger partial charge in [0.1, 0.15) is 5.75 Å². The molecule has 2 heteroatoms. The standard InChI is InChI=1S/C13H21NO/c1-3-12(14)6-4-5-11-7-9-13(15-2)10-8-11/h7-10,12H,3-6,14H2,1-2H3. The number of rotatable bonds is 6. The Morgan fingerprint density at radius 2 is 1.93 bits per heavy atom. The van der Waals surface area contributed by atoms with Gasteiger partial charge in [0.25, 0.3) is 0 Å². The summed E-state index contributed by atoms with van der Waals surface area (Å²) in [6, 6.07) is 8.62. The predicted octanol–water partition coefficient (Wildman–Crippen LogP) is 2.76. The maximum atomic E-state index is 5.86. The molecule has 15 heavy (non-hydrogen) atoms.